The highest BCUT2D eigenvalue weighted by Gasteiger charge is 2.16. The van der Waals surface area contributed by atoms with Gasteiger partial charge in [-0.3, -0.25) is 0 Å². The fourth-order valence-electron chi connectivity index (χ4n) is 0.729. The Morgan fingerprint density at radius 3 is 2.60 bits per heavy atom. The number of quaternary nitrogens is 1. The molecule has 1 aliphatic rings. The Labute approximate surface area is 77.0 Å². The van der Waals surface area contributed by atoms with Gasteiger partial charge in [0.25, 0.3) is 0 Å². The number of hydrogen-bond donors (Lipinski definition) is 1. The highest BCUT2D eigenvalue weighted by atomic mass is 127. The summed E-state index contributed by atoms with van der Waals surface area (Å²) >= 11 is 0. The quantitative estimate of drug-likeness (QED) is 0.340. The topological polar surface area (TPSA) is 24.5 Å². The van der Waals surface area contributed by atoms with Crippen molar-refractivity contribution in [3.63, 3.8) is 0 Å². The normalized spacial score (nSPS) is 23.6. The number of likely N-dealkylation sites (N-methyl/N-ethyl adjacent to an activating group) is 1. The van der Waals surface area contributed by atoms with Crippen molar-refractivity contribution in [3.8, 4) is 0 Å². The lowest BCUT2D eigenvalue weighted by atomic mass is 10.5. The number of rotatable bonds is 0. The summed E-state index contributed by atoms with van der Waals surface area (Å²) in [6.07, 6.45) is 5.12. The van der Waals surface area contributed by atoms with Gasteiger partial charge in [0.2, 0.25) is 0 Å². The van der Waals surface area contributed by atoms with Gasteiger partial charge in [-0.25, -0.2) is 4.79 Å². The van der Waals surface area contributed by atoms with Crippen LogP contribution in [0.15, 0.2) is 12.3 Å². The molecule has 1 rings (SSSR count). The van der Waals surface area contributed by atoms with Crippen LogP contribution < -0.4 is 28.9 Å². The third-order valence-electron chi connectivity index (χ3n) is 1.25. The van der Waals surface area contributed by atoms with Gasteiger partial charge in [0, 0.05) is 0 Å². The Balaban J connectivity index is 0.000000810. The van der Waals surface area contributed by atoms with Crippen LogP contribution in [0, 0.1) is 0 Å². The molecule has 0 aromatic carbocycles. The Hall–Kier alpha value is -0.230. The van der Waals surface area contributed by atoms with Gasteiger partial charge in [-0.05, 0) is 0 Å². The minimum atomic E-state index is 0. The lowest BCUT2D eigenvalue weighted by molar-refractivity contribution is -0.719. The molecule has 1 amide bonds. The highest BCUT2D eigenvalue weighted by Crippen LogP contribution is 1.73. The van der Waals surface area contributed by atoms with Crippen molar-refractivity contribution in [1.29, 1.82) is 0 Å². The molecule has 0 aromatic heterocycles. The molecule has 0 bridgehead atoms. The largest absolute Gasteiger partial charge is 1.00 e. The van der Waals surface area contributed by atoms with Crippen LogP contribution in [0.2, 0.25) is 0 Å². The number of amides is 1. The lowest BCUT2D eigenvalue weighted by Crippen LogP contribution is -3.11. The summed E-state index contributed by atoms with van der Waals surface area (Å²) in [7, 11) is 3.70. The van der Waals surface area contributed by atoms with E-state index in [-0.39, 0.29) is 29.9 Å². The maximum atomic E-state index is 10.8. The van der Waals surface area contributed by atoms with Crippen LogP contribution >= 0.6 is 0 Å². The van der Waals surface area contributed by atoms with Crippen LogP contribution in [0.3, 0.4) is 0 Å². The SMILES string of the molecule is C[N+]1=C[NH+](C)C(=O)C=C1.[I-]. The molecule has 0 radical (unpaired) electrons. The summed E-state index contributed by atoms with van der Waals surface area (Å²) in [5.74, 6) is 0.105. The Morgan fingerprint density at radius 1 is 1.60 bits per heavy atom. The Bertz CT molecular complexity index is 198. The number of halogens is 1. The first kappa shape index (κ1) is 9.77. The molecule has 0 spiro atoms. The van der Waals surface area contributed by atoms with E-state index in [9.17, 15) is 4.79 Å². The standard InChI is InChI=1S/C6H9N2O.HI/c1-7-4-3-6(9)8(2)5-7;/h3-5H,1-2H3;1H/q+1;. The van der Waals surface area contributed by atoms with Crippen molar-refractivity contribution in [2.24, 2.45) is 0 Å². The average molecular weight is 253 g/mol. The molecule has 1 atom stereocenters. The van der Waals surface area contributed by atoms with Gasteiger partial charge in [0.05, 0.1) is 7.05 Å². The molecule has 1 aliphatic heterocycles. The van der Waals surface area contributed by atoms with Crippen molar-refractivity contribution in [2.75, 3.05) is 14.1 Å². The predicted octanol–water partition coefficient (Wildman–Crippen LogP) is -4.77. The van der Waals surface area contributed by atoms with Crippen molar-refractivity contribution in [1.82, 2.24) is 0 Å². The molecule has 1 N–H and O–H groups in total. The van der Waals surface area contributed by atoms with Gasteiger partial charge < -0.3 is 24.0 Å². The second-order valence-corrected chi connectivity index (χ2v) is 2.16. The zero-order valence-corrected chi connectivity index (χ0v) is 8.12. The summed E-state index contributed by atoms with van der Waals surface area (Å²) in [6, 6.07) is 0. The second kappa shape index (κ2) is 3.82. The van der Waals surface area contributed by atoms with Gasteiger partial charge in [-0.2, -0.15) is 9.48 Å². The second-order valence-electron chi connectivity index (χ2n) is 2.16. The van der Waals surface area contributed by atoms with E-state index >= 15 is 0 Å². The van der Waals surface area contributed by atoms with E-state index in [1.54, 1.807) is 12.3 Å². The van der Waals surface area contributed by atoms with Crippen molar-refractivity contribution >= 4 is 12.2 Å². The average Bonchev–Trinajstić information content (AvgIpc) is 1.80. The number of nitrogens with one attached hydrogen (secondary N) is 1. The first-order valence-corrected chi connectivity index (χ1v) is 2.83. The summed E-state index contributed by atoms with van der Waals surface area (Å²) in [5.41, 5.74) is 0. The predicted molar refractivity (Wildman–Crippen MR) is 33.3 cm³/mol. The maximum absolute atomic E-state index is 10.8. The minimum absolute atomic E-state index is 0. The molecule has 0 aliphatic carbocycles. The molecule has 4 heteroatoms. The van der Waals surface area contributed by atoms with Gasteiger partial charge in [0.15, 0.2) is 6.20 Å². The summed E-state index contributed by atoms with van der Waals surface area (Å²) in [5, 5.41) is 0. The number of carbonyl (C=O) groups excluding carboxylic acids is 1. The molecular weight excluding hydrogens is 243 g/mol. The van der Waals surface area contributed by atoms with Crippen molar-refractivity contribution in [3.05, 3.63) is 12.3 Å². The van der Waals surface area contributed by atoms with Crippen LogP contribution in [-0.4, -0.2) is 30.9 Å². The van der Waals surface area contributed by atoms with E-state index in [1.165, 1.54) is 0 Å². The van der Waals surface area contributed by atoms with E-state index in [1.807, 2.05) is 25.0 Å². The third kappa shape index (κ3) is 2.18. The fraction of sp³-hybridized carbons (Fsp3) is 0.333. The smallest absolute Gasteiger partial charge is 0.352 e. The fourth-order valence-corrected chi connectivity index (χ4v) is 0.729. The highest BCUT2D eigenvalue weighted by molar-refractivity contribution is 5.83. The van der Waals surface area contributed by atoms with Crippen LogP contribution in [0.1, 0.15) is 0 Å². The number of carbonyl (C=O) groups is 1. The first-order valence-electron chi connectivity index (χ1n) is 2.83. The summed E-state index contributed by atoms with van der Waals surface area (Å²) in [4.78, 5) is 11.5. The van der Waals surface area contributed by atoms with E-state index in [0.717, 1.165) is 4.90 Å². The van der Waals surface area contributed by atoms with Crippen LogP contribution in [0.5, 0.6) is 0 Å². The maximum Gasteiger partial charge on any atom is 0.352 e. The van der Waals surface area contributed by atoms with E-state index in [2.05, 4.69) is 0 Å². The number of hydrogen-bond acceptors (Lipinski definition) is 1. The molecule has 3 nitrogen and oxygen atoms in total. The molecule has 0 saturated carbocycles. The van der Waals surface area contributed by atoms with Gasteiger partial charge in [-0.15, -0.1) is 0 Å². The van der Waals surface area contributed by atoms with Crippen molar-refractivity contribution in [2.45, 2.75) is 0 Å². The Kier molecular flexibility index (Phi) is 3.73. The molecule has 56 valence electrons. The summed E-state index contributed by atoms with van der Waals surface area (Å²) in [6.45, 7) is 0. The first-order chi connectivity index (χ1) is 4.20. The van der Waals surface area contributed by atoms with Crippen LogP contribution in [-0.2, 0) is 4.79 Å². The molecule has 1 unspecified atom stereocenters. The molecule has 1 heterocycles. The molecule has 0 saturated heterocycles. The van der Waals surface area contributed by atoms with E-state index < -0.39 is 0 Å². The lowest BCUT2D eigenvalue weighted by Gasteiger charge is -2.01. The van der Waals surface area contributed by atoms with Crippen molar-refractivity contribution < 1.29 is 38.2 Å². The molecule has 0 fully saturated rings. The summed E-state index contributed by atoms with van der Waals surface area (Å²) < 4.78 is 1.86. The zero-order valence-electron chi connectivity index (χ0n) is 5.97. The van der Waals surface area contributed by atoms with Crippen LogP contribution in [0.25, 0.3) is 0 Å². The van der Waals surface area contributed by atoms with Crippen LogP contribution in [0.4, 0.5) is 0 Å². The zero-order chi connectivity index (χ0) is 6.85. The molecule has 10 heavy (non-hydrogen) atoms. The van der Waals surface area contributed by atoms with Gasteiger partial charge in [-0.1, -0.05) is 0 Å². The van der Waals surface area contributed by atoms with E-state index in [4.69, 9.17) is 0 Å². The number of nitrogens with zero attached hydrogens (tertiary/aromatic N) is 1. The molecular formula is C6H10IN2O+. The monoisotopic (exact) mass is 253 g/mol. The van der Waals surface area contributed by atoms with E-state index in [0.29, 0.717) is 0 Å². The Morgan fingerprint density at radius 2 is 2.20 bits per heavy atom. The minimum Gasteiger partial charge on any atom is -1.00 e. The van der Waals surface area contributed by atoms with Gasteiger partial charge in [0.1, 0.15) is 13.1 Å². The molecule has 0 aromatic rings. The van der Waals surface area contributed by atoms with Gasteiger partial charge >= 0.3 is 12.2 Å². The third-order valence-corrected chi connectivity index (χ3v) is 1.25.